The van der Waals surface area contributed by atoms with E-state index in [0.717, 1.165) is 0 Å². The Hall–Kier alpha value is -0.160. The minimum absolute atomic E-state index is 0.0786. The van der Waals surface area contributed by atoms with Crippen molar-refractivity contribution < 1.29 is 17.0 Å². The van der Waals surface area contributed by atoms with E-state index in [1.807, 2.05) is 0 Å². The lowest BCUT2D eigenvalue weighted by Gasteiger charge is -2.00. The SMILES string of the molecule is CCOS(=O)(=O)CCCCF. The molecule has 0 N–H and O–H groups in total. The van der Waals surface area contributed by atoms with Gasteiger partial charge in [0.1, 0.15) is 0 Å². The summed E-state index contributed by atoms with van der Waals surface area (Å²) in [6.45, 7) is 1.28. The Morgan fingerprint density at radius 2 is 2.00 bits per heavy atom. The van der Waals surface area contributed by atoms with Crippen LogP contribution >= 0.6 is 0 Å². The molecule has 0 aliphatic rings. The van der Waals surface area contributed by atoms with Crippen molar-refractivity contribution in [2.75, 3.05) is 19.0 Å². The Bertz CT molecular complexity index is 176. The van der Waals surface area contributed by atoms with Crippen molar-refractivity contribution in [3.8, 4) is 0 Å². The predicted molar refractivity (Wildman–Crippen MR) is 40.6 cm³/mol. The number of alkyl halides is 1. The van der Waals surface area contributed by atoms with Gasteiger partial charge in [0.2, 0.25) is 0 Å². The van der Waals surface area contributed by atoms with Crippen LogP contribution in [-0.4, -0.2) is 27.5 Å². The van der Waals surface area contributed by atoms with Crippen LogP contribution in [0, 0.1) is 0 Å². The van der Waals surface area contributed by atoms with Crippen LogP contribution in [0.15, 0.2) is 0 Å². The first kappa shape index (κ1) is 10.8. The summed E-state index contributed by atoms with van der Waals surface area (Å²) in [6, 6.07) is 0. The van der Waals surface area contributed by atoms with Crippen LogP contribution in [0.25, 0.3) is 0 Å². The molecule has 3 nitrogen and oxygen atoms in total. The van der Waals surface area contributed by atoms with Crippen molar-refractivity contribution in [2.45, 2.75) is 19.8 Å². The van der Waals surface area contributed by atoms with Gasteiger partial charge in [0, 0.05) is 0 Å². The lowest BCUT2D eigenvalue weighted by atomic mass is 10.4. The van der Waals surface area contributed by atoms with Gasteiger partial charge in [0.15, 0.2) is 0 Å². The molecule has 0 aromatic carbocycles. The molecule has 0 atom stereocenters. The molecule has 68 valence electrons. The lowest BCUT2D eigenvalue weighted by molar-refractivity contribution is 0.336. The maximum Gasteiger partial charge on any atom is 0.267 e. The zero-order valence-corrected chi connectivity index (χ0v) is 7.36. The van der Waals surface area contributed by atoms with Gasteiger partial charge in [-0.3, -0.25) is 8.57 Å². The van der Waals surface area contributed by atoms with Crippen LogP contribution in [0.1, 0.15) is 19.8 Å². The van der Waals surface area contributed by atoms with Crippen LogP contribution in [0.2, 0.25) is 0 Å². The van der Waals surface area contributed by atoms with Gasteiger partial charge in [-0.05, 0) is 19.8 Å². The number of rotatable bonds is 6. The van der Waals surface area contributed by atoms with Gasteiger partial charge >= 0.3 is 0 Å². The minimum atomic E-state index is -3.37. The Kier molecular flexibility index (Phi) is 5.41. The Balaban J connectivity index is 3.56. The molecule has 0 fully saturated rings. The van der Waals surface area contributed by atoms with Gasteiger partial charge in [0.25, 0.3) is 10.1 Å². The molecule has 0 bridgehead atoms. The molecule has 0 aliphatic carbocycles. The third-order valence-corrected chi connectivity index (χ3v) is 2.46. The summed E-state index contributed by atoms with van der Waals surface area (Å²) in [5.74, 6) is -0.0786. The Morgan fingerprint density at radius 3 is 2.45 bits per heavy atom. The molecule has 0 unspecified atom stereocenters. The molecule has 11 heavy (non-hydrogen) atoms. The molecule has 0 aliphatic heterocycles. The highest BCUT2D eigenvalue weighted by atomic mass is 32.2. The minimum Gasteiger partial charge on any atom is -0.270 e. The lowest BCUT2D eigenvalue weighted by Crippen LogP contribution is -2.10. The largest absolute Gasteiger partial charge is 0.270 e. The predicted octanol–water partition coefficient (Wildman–Crippen LogP) is 1.10. The van der Waals surface area contributed by atoms with Crippen LogP contribution < -0.4 is 0 Å². The van der Waals surface area contributed by atoms with E-state index >= 15 is 0 Å². The standard InChI is InChI=1S/C6H13FO3S/c1-2-10-11(8,9)6-4-3-5-7/h2-6H2,1H3. The van der Waals surface area contributed by atoms with Gasteiger partial charge in [-0.1, -0.05) is 0 Å². The molecule has 0 aromatic heterocycles. The summed E-state index contributed by atoms with van der Waals surface area (Å²) in [7, 11) is -3.37. The molecule has 0 radical (unpaired) electrons. The van der Waals surface area contributed by atoms with Crippen LogP contribution in [0.3, 0.4) is 0 Å². The molecule has 0 rings (SSSR count). The topological polar surface area (TPSA) is 43.4 Å². The summed E-state index contributed by atoms with van der Waals surface area (Å²) in [6.07, 6.45) is 0.616. The third-order valence-electron chi connectivity index (χ3n) is 1.08. The Labute approximate surface area is 66.7 Å². The second-order valence-electron chi connectivity index (χ2n) is 2.06. The fourth-order valence-electron chi connectivity index (χ4n) is 0.612. The van der Waals surface area contributed by atoms with E-state index in [1.54, 1.807) is 6.92 Å². The van der Waals surface area contributed by atoms with Crippen molar-refractivity contribution in [1.82, 2.24) is 0 Å². The molecule has 0 aromatic rings. The number of hydrogen-bond acceptors (Lipinski definition) is 3. The van der Waals surface area contributed by atoms with E-state index in [4.69, 9.17) is 0 Å². The molecule has 0 heterocycles. The third kappa shape index (κ3) is 6.25. The van der Waals surface area contributed by atoms with Crippen LogP contribution in [0.4, 0.5) is 4.39 Å². The van der Waals surface area contributed by atoms with Gasteiger partial charge in [0.05, 0.1) is 19.0 Å². The van der Waals surface area contributed by atoms with Gasteiger partial charge < -0.3 is 0 Å². The summed E-state index contributed by atoms with van der Waals surface area (Å²) in [5, 5.41) is 0. The van der Waals surface area contributed by atoms with E-state index in [1.165, 1.54) is 0 Å². The summed E-state index contributed by atoms with van der Waals surface area (Å²) in [5.41, 5.74) is 0. The van der Waals surface area contributed by atoms with Crippen molar-refractivity contribution in [3.05, 3.63) is 0 Å². The second kappa shape index (κ2) is 5.49. The highest BCUT2D eigenvalue weighted by Crippen LogP contribution is 1.98. The number of hydrogen-bond donors (Lipinski definition) is 0. The van der Waals surface area contributed by atoms with Crippen molar-refractivity contribution in [1.29, 1.82) is 0 Å². The quantitative estimate of drug-likeness (QED) is 0.458. The van der Waals surface area contributed by atoms with Gasteiger partial charge in [-0.25, -0.2) is 0 Å². The molecular weight excluding hydrogens is 171 g/mol. The molecule has 5 heteroatoms. The van der Waals surface area contributed by atoms with Crippen molar-refractivity contribution in [2.24, 2.45) is 0 Å². The van der Waals surface area contributed by atoms with E-state index in [0.29, 0.717) is 6.42 Å². The Morgan fingerprint density at radius 1 is 1.36 bits per heavy atom. The van der Waals surface area contributed by atoms with Gasteiger partial charge in [-0.2, -0.15) is 8.42 Å². The normalized spacial score (nSPS) is 11.8. The first-order chi connectivity index (χ1) is 5.12. The summed E-state index contributed by atoms with van der Waals surface area (Å²) in [4.78, 5) is 0. The van der Waals surface area contributed by atoms with E-state index in [2.05, 4.69) is 4.18 Å². The molecule has 0 saturated heterocycles. The van der Waals surface area contributed by atoms with Gasteiger partial charge in [-0.15, -0.1) is 0 Å². The highest BCUT2D eigenvalue weighted by Gasteiger charge is 2.08. The first-order valence-corrected chi connectivity index (χ1v) is 5.13. The fourth-order valence-corrected chi connectivity index (χ4v) is 1.65. The molecule has 0 spiro atoms. The summed E-state index contributed by atoms with van der Waals surface area (Å²) >= 11 is 0. The molecular formula is C6H13FO3S. The van der Waals surface area contributed by atoms with Crippen molar-refractivity contribution in [3.63, 3.8) is 0 Å². The molecule has 0 saturated carbocycles. The average molecular weight is 184 g/mol. The zero-order chi connectivity index (χ0) is 8.74. The number of unbranched alkanes of at least 4 members (excludes halogenated alkanes) is 1. The molecule has 0 amide bonds. The first-order valence-electron chi connectivity index (χ1n) is 3.55. The van der Waals surface area contributed by atoms with Crippen molar-refractivity contribution >= 4 is 10.1 Å². The highest BCUT2D eigenvalue weighted by molar-refractivity contribution is 7.86. The second-order valence-corrected chi connectivity index (χ2v) is 3.82. The zero-order valence-electron chi connectivity index (χ0n) is 6.55. The average Bonchev–Trinajstić information content (AvgIpc) is 1.87. The van der Waals surface area contributed by atoms with E-state index in [-0.39, 0.29) is 18.8 Å². The maximum atomic E-state index is 11.5. The van der Waals surface area contributed by atoms with Crippen LogP contribution in [0.5, 0.6) is 0 Å². The monoisotopic (exact) mass is 184 g/mol. The summed E-state index contributed by atoms with van der Waals surface area (Å²) < 4.78 is 37.5. The maximum absolute atomic E-state index is 11.5. The number of halogens is 1. The van der Waals surface area contributed by atoms with Crippen LogP contribution in [-0.2, 0) is 14.3 Å². The van der Waals surface area contributed by atoms with E-state index < -0.39 is 16.8 Å². The smallest absolute Gasteiger partial charge is 0.267 e. The fraction of sp³-hybridized carbons (Fsp3) is 1.00. The van der Waals surface area contributed by atoms with E-state index in [9.17, 15) is 12.8 Å².